The highest BCUT2D eigenvalue weighted by molar-refractivity contribution is 6.34. The summed E-state index contributed by atoms with van der Waals surface area (Å²) in [5, 5.41) is 6.32. The molecule has 2 amide bonds. The Morgan fingerprint density at radius 1 is 0.927 bits per heavy atom. The maximum absolute atomic E-state index is 13.2. The minimum Gasteiger partial charge on any atom is -0.493 e. The highest BCUT2D eigenvalue weighted by atomic mass is 35.5. The van der Waals surface area contributed by atoms with Crippen LogP contribution in [-0.2, 0) is 0 Å². The topological polar surface area (TPSA) is 97.8 Å². The summed E-state index contributed by atoms with van der Waals surface area (Å²) >= 11 is 6.68. The normalized spacial score (nSPS) is 12.1. The molecule has 1 aliphatic rings. The fourth-order valence-corrected chi connectivity index (χ4v) is 4.77. The van der Waals surface area contributed by atoms with E-state index in [0.29, 0.717) is 69.3 Å². The molecule has 206 valence electrons. The molecular formula is C30H23ClFN5O4. The van der Waals surface area contributed by atoms with E-state index in [1.54, 1.807) is 25.3 Å². The second kappa shape index (κ2) is 11.2. The van der Waals surface area contributed by atoms with Crippen molar-refractivity contribution in [3.8, 4) is 17.2 Å². The molecule has 4 aromatic carbocycles. The van der Waals surface area contributed by atoms with Crippen LogP contribution in [0.25, 0.3) is 10.9 Å². The Balaban J connectivity index is 1.41. The standard InChI is InChI=1S/C30H23ClFN5O4/c1-39-25-16-24-26(28-27(25)40-13-14-41-28)29(34-17-33-24)37(20-5-3-2-4-6-20)21-11-12-23(22(31)15-21)36-30(38)35-19-9-7-18(32)8-10-19/h2-12,15-17H,13-14H2,1H3,(H2,35,36,38). The van der Waals surface area contributed by atoms with E-state index in [0.717, 1.165) is 5.69 Å². The van der Waals surface area contributed by atoms with E-state index >= 15 is 0 Å². The summed E-state index contributed by atoms with van der Waals surface area (Å²) in [5.41, 5.74) is 2.91. The SMILES string of the molecule is COc1cc2ncnc(N(c3ccccc3)c3ccc(NC(=O)Nc4ccc(F)cc4)c(Cl)c3)c2c2c1OCCO2. The van der Waals surface area contributed by atoms with Gasteiger partial charge in [-0.1, -0.05) is 29.8 Å². The quantitative estimate of drug-likeness (QED) is 0.220. The first-order valence-electron chi connectivity index (χ1n) is 12.6. The van der Waals surface area contributed by atoms with Crippen molar-refractivity contribution in [2.45, 2.75) is 0 Å². The molecule has 0 saturated heterocycles. The minimum absolute atomic E-state index is 0.291. The Kier molecular flexibility index (Phi) is 7.13. The van der Waals surface area contributed by atoms with Gasteiger partial charge in [-0.2, -0.15) is 0 Å². The van der Waals surface area contributed by atoms with Crippen molar-refractivity contribution in [3.63, 3.8) is 0 Å². The van der Waals surface area contributed by atoms with E-state index < -0.39 is 11.8 Å². The zero-order chi connectivity index (χ0) is 28.3. The first-order valence-corrected chi connectivity index (χ1v) is 13.0. The maximum atomic E-state index is 13.2. The van der Waals surface area contributed by atoms with Crippen LogP contribution in [0.15, 0.2) is 85.2 Å². The van der Waals surface area contributed by atoms with Gasteiger partial charge in [0.1, 0.15) is 25.4 Å². The van der Waals surface area contributed by atoms with Crippen LogP contribution in [0.3, 0.4) is 0 Å². The summed E-state index contributed by atoms with van der Waals surface area (Å²) in [7, 11) is 1.56. The number of halogens is 2. The number of amides is 2. The molecule has 0 spiro atoms. The minimum atomic E-state index is -0.523. The molecule has 0 saturated carbocycles. The number of carbonyl (C=O) groups excluding carboxylic acids is 1. The predicted molar refractivity (Wildman–Crippen MR) is 156 cm³/mol. The predicted octanol–water partition coefficient (Wildman–Crippen LogP) is 7.32. The molecule has 5 aromatic rings. The first kappa shape index (κ1) is 26.1. The Hall–Kier alpha value is -5.09. The molecule has 2 heterocycles. The summed E-state index contributed by atoms with van der Waals surface area (Å²) < 4.78 is 30.7. The van der Waals surface area contributed by atoms with E-state index in [-0.39, 0.29) is 0 Å². The lowest BCUT2D eigenvalue weighted by Gasteiger charge is -2.28. The van der Waals surface area contributed by atoms with Crippen molar-refractivity contribution in [1.82, 2.24) is 9.97 Å². The number of nitrogens with zero attached hydrogens (tertiary/aromatic N) is 3. The number of urea groups is 1. The van der Waals surface area contributed by atoms with Crippen molar-refractivity contribution >= 4 is 57.1 Å². The van der Waals surface area contributed by atoms with Gasteiger partial charge in [-0.25, -0.2) is 19.2 Å². The molecule has 0 aliphatic carbocycles. The van der Waals surface area contributed by atoms with Gasteiger partial charge in [-0.05, 0) is 54.6 Å². The van der Waals surface area contributed by atoms with Crippen LogP contribution in [0.1, 0.15) is 0 Å². The molecule has 11 heteroatoms. The number of fused-ring (bicyclic) bond motifs is 3. The number of carbonyl (C=O) groups is 1. The van der Waals surface area contributed by atoms with Crippen LogP contribution in [-0.4, -0.2) is 36.3 Å². The van der Waals surface area contributed by atoms with Crippen LogP contribution < -0.4 is 29.7 Å². The highest BCUT2D eigenvalue weighted by Gasteiger charge is 2.27. The lowest BCUT2D eigenvalue weighted by molar-refractivity contribution is 0.167. The Morgan fingerprint density at radius 3 is 2.41 bits per heavy atom. The van der Waals surface area contributed by atoms with Crippen LogP contribution in [0.5, 0.6) is 17.2 Å². The number of benzene rings is 4. The zero-order valence-electron chi connectivity index (χ0n) is 21.7. The fraction of sp³-hybridized carbons (Fsp3) is 0.100. The molecule has 41 heavy (non-hydrogen) atoms. The van der Waals surface area contributed by atoms with Crippen molar-refractivity contribution in [2.24, 2.45) is 0 Å². The average molecular weight is 572 g/mol. The van der Waals surface area contributed by atoms with Crippen LogP contribution in [0, 0.1) is 5.82 Å². The number of hydrogen-bond acceptors (Lipinski definition) is 7. The molecule has 0 atom stereocenters. The van der Waals surface area contributed by atoms with Crippen molar-refractivity contribution < 1.29 is 23.4 Å². The monoisotopic (exact) mass is 571 g/mol. The number of methoxy groups -OCH3 is 1. The molecule has 0 unspecified atom stereocenters. The summed E-state index contributed by atoms with van der Waals surface area (Å²) in [6.07, 6.45) is 1.47. The van der Waals surface area contributed by atoms with Gasteiger partial charge >= 0.3 is 6.03 Å². The lowest BCUT2D eigenvalue weighted by atomic mass is 10.1. The third-order valence-electron chi connectivity index (χ3n) is 6.36. The number of anilines is 5. The molecule has 2 N–H and O–H groups in total. The smallest absolute Gasteiger partial charge is 0.323 e. The average Bonchev–Trinajstić information content (AvgIpc) is 3.00. The van der Waals surface area contributed by atoms with Gasteiger partial charge in [-0.3, -0.25) is 4.90 Å². The number of nitrogens with one attached hydrogen (secondary N) is 2. The molecule has 6 rings (SSSR count). The van der Waals surface area contributed by atoms with E-state index in [1.165, 1.54) is 30.6 Å². The van der Waals surface area contributed by atoms with Gasteiger partial charge in [0.15, 0.2) is 17.3 Å². The molecule has 0 bridgehead atoms. The number of para-hydroxylation sites is 1. The lowest BCUT2D eigenvalue weighted by Crippen LogP contribution is -2.20. The third-order valence-corrected chi connectivity index (χ3v) is 6.68. The Bertz CT molecular complexity index is 1740. The van der Waals surface area contributed by atoms with Gasteiger partial charge in [0.2, 0.25) is 5.75 Å². The molecular weight excluding hydrogens is 549 g/mol. The van der Waals surface area contributed by atoms with Crippen LogP contribution in [0.2, 0.25) is 5.02 Å². The maximum Gasteiger partial charge on any atom is 0.323 e. The van der Waals surface area contributed by atoms with Crippen LogP contribution in [0.4, 0.5) is 37.8 Å². The fourth-order valence-electron chi connectivity index (χ4n) is 4.55. The van der Waals surface area contributed by atoms with Gasteiger partial charge in [0.05, 0.1) is 28.7 Å². The van der Waals surface area contributed by atoms with Crippen molar-refractivity contribution in [2.75, 3.05) is 35.9 Å². The summed E-state index contributed by atoms with van der Waals surface area (Å²) in [6.45, 7) is 0.750. The highest BCUT2D eigenvalue weighted by Crippen LogP contribution is 2.49. The summed E-state index contributed by atoms with van der Waals surface area (Å²) in [5.74, 6) is 1.63. The van der Waals surface area contributed by atoms with Gasteiger partial charge in [0.25, 0.3) is 0 Å². The van der Waals surface area contributed by atoms with Crippen LogP contribution >= 0.6 is 11.6 Å². The Morgan fingerprint density at radius 2 is 1.68 bits per heavy atom. The van der Waals surface area contributed by atoms with Gasteiger partial charge < -0.3 is 24.8 Å². The van der Waals surface area contributed by atoms with E-state index in [4.69, 9.17) is 25.8 Å². The summed E-state index contributed by atoms with van der Waals surface area (Å²) in [4.78, 5) is 23.6. The second-order valence-electron chi connectivity index (χ2n) is 8.95. The number of aromatic nitrogens is 2. The zero-order valence-corrected chi connectivity index (χ0v) is 22.5. The van der Waals surface area contributed by atoms with Gasteiger partial charge in [-0.15, -0.1) is 0 Å². The number of hydrogen-bond donors (Lipinski definition) is 2. The van der Waals surface area contributed by atoms with Crippen molar-refractivity contribution in [1.29, 1.82) is 0 Å². The molecule has 1 aromatic heterocycles. The van der Waals surface area contributed by atoms with Gasteiger partial charge in [0, 0.05) is 23.1 Å². The second-order valence-corrected chi connectivity index (χ2v) is 9.35. The summed E-state index contributed by atoms with van der Waals surface area (Å²) in [6, 6.07) is 21.6. The largest absolute Gasteiger partial charge is 0.493 e. The van der Waals surface area contributed by atoms with E-state index in [1.807, 2.05) is 41.3 Å². The van der Waals surface area contributed by atoms with E-state index in [2.05, 4.69) is 20.6 Å². The Labute approximate surface area is 239 Å². The molecule has 0 radical (unpaired) electrons. The van der Waals surface area contributed by atoms with Crippen molar-refractivity contribution in [3.05, 3.63) is 96.0 Å². The molecule has 0 fully saturated rings. The number of rotatable bonds is 6. The molecule has 1 aliphatic heterocycles. The molecule has 9 nitrogen and oxygen atoms in total. The van der Waals surface area contributed by atoms with E-state index in [9.17, 15) is 9.18 Å². The first-order chi connectivity index (χ1) is 20.0. The number of ether oxygens (including phenoxy) is 3. The third kappa shape index (κ3) is 5.24.